The topological polar surface area (TPSA) is 71.3 Å². The van der Waals surface area contributed by atoms with E-state index < -0.39 is 0 Å². The van der Waals surface area contributed by atoms with Crippen molar-refractivity contribution in [2.45, 2.75) is 6.92 Å². The summed E-state index contributed by atoms with van der Waals surface area (Å²) in [6, 6.07) is 19.3. The summed E-state index contributed by atoms with van der Waals surface area (Å²) in [5.74, 6) is 0.608. The van der Waals surface area contributed by atoms with E-state index in [1.165, 1.54) is 0 Å². The van der Waals surface area contributed by atoms with E-state index in [2.05, 4.69) is 10.1 Å². The Kier molecular flexibility index (Phi) is 4.89. The molecule has 0 N–H and O–H groups in total. The van der Waals surface area contributed by atoms with Gasteiger partial charge in [-0.15, -0.1) is 5.10 Å². The predicted octanol–water partition coefficient (Wildman–Crippen LogP) is 2.24. The van der Waals surface area contributed by atoms with Gasteiger partial charge in [-0.05, 0) is 12.1 Å². The first-order valence-electron chi connectivity index (χ1n) is 9.26. The fourth-order valence-electron chi connectivity index (χ4n) is 3.29. The van der Waals surface area contributed by atoms with Crippen molar-refractivity contribution >= 4 is 11.8 Å². The van der Waals surface area contributed by atoms with Crippen molar-refractivity contribution in [2.75, 3.05) is 26.2 Å². The minimum absolute atomic E-state index is 0.0324. The Labute approximate surface area is 163 Å². The van der Waals surface area contributed by atoms with Gasteiger partial charge in [-0.3, -0.25) is 9.59 Å². The quantitative estimate of drug-likeness (QED) is 0.704. The van der Waals surface area contributed by atoms with Crippen LogP contribution in [0.3, 0.4) is 0 Å². The molecule has 28 heavy (non-hydrogen) atoms. The number of benzene rings is 2. The molecule has 0 unspecified atom stereocenters. The molecule has 1 aliphatic rings. The van der Waals surface area contributed by atoms with Crippen molar-refractivity contribution in [3.05, 3.63) is 66.5 Å². The van der Waals surface area contributed by atoms with E-state index in [0.717, 1.165) is 11.3 Å². The second-order valence-electron chi connectivity index (χ2n) is 6.67. The van der Waals surface area contributed by atoms with Crippen LogP contribution in [-0.2, 0) is 4.79 Å². The van der Waals surface area contributed by atoms with E-state index in [9.17, 15) is 9.59 Å². The summed E-state index contributed by atoms with van der Waals surface area (Å²) in [5.41, 5.74) is 1.73. The molecule has 0 radical (unpaired) electrons. The number of amides is 2. The summed E-state index contributed by atoms with van der Waals surface area (Å²) in [6.45, 7) is 3.59. The summed E-state index contributed by atoms with van der Waals surface area (Å²) < 4.78 is 1.70. The number of aromatic nitrogens is 3. The Morgan fingerprint density at radius 2 is 1.39 bits per heavy atom. The maximum Gasteiger partial charge on any atom is 0.293 e. The maximum absolute atomic E-state index is 13.0. The average molecular weight is 375 g/mol. The molecule has 0 saturated carbocycles. The molecule has 0 bridgehead atoms. The molecular formula is C21H21N5O2. The van der Waals surface area contributed by atoms with Gasteiger partial charge in [0.15, 0.2) is 5.82 Å². The predicted molar refractivity (Wildman–Crippen MR) is 105 cm³/mol. The van der Waals surface area contributed by atoms with Gasteiger partial charge in [-0.2, -0.15) is 0 Å². The second kappa shape index (κ2) is 7.64. The van der Waals surface area contributed by atoms with Crippen LogP contribution < -0.4 is 0 Å². The van der Waals surface area contributed by atoms with Crippen molar-refractivity contribution < 1.29 is 9.59 Å². The van der Waals surface area contributed by atoms with Crippen LogP contribution in [0.2, 0.25) is 0 Å². The lowest BCUT2D eigenvalue weighted by atomic mass is 10.2. The van der Waals surface area contributed by atoms with Crippen molar-refractivity contribution in [1.82, 2.24) is 24.6 Å². The van der Waals surface area contributed by atoms with E-state index in [1.54, 1.807) is 21.4 Å². The van der Waals surface area contributed by atoms with Crippen molar-refractivity contribution in [3.8, 4) is 17.1 Å². The number of piperazine rings is 1. The molecule has 1 aromatic heterocycles. The van der Waals surface area contributed by atoms with Crippen LogP contribution in [0.15, 0.2) is 60.7 Å². The van der Waals surface area contributed by atoms with Gasteiger partial charge in [-0.25, -0.2) is 9.67 Å². The van der Waals surface area contributed by atoms with Gasteiger partial charge in [0.25, 0.3) is 5.91 Å². The Morgan fingerprint density at radius 3 is 2.00 bits per heavy atom. The highest BCUT2D eigenvalue weighted by atomic mass is 16.2. The first kappa shape index (κ1) is 17.9. The molecule has 0 aliphatic carbocycles. The van der Waals surface area contributed by atoms with Crippen LogP contribution in [0.4, 0.5) is 0 Å². The number of para-hydroxylation sites is 1. The number of hydrogen-bond donors (Lipinski definition) is 0. The summed E-state index contributed by atoms with van der Waals surface area (Å²) in [6.07, 6.45) is 0. The second-order valence-corrected chi connectivity index (χ2v) is 6.67. The Balaban J connectivity index is 1.66. The zero-order valence-corrected chi connectivity index (χ0v) is 15.7. The smallest absolute Gasteiger partial charge is 0.293 e. The minimum Gasteiger partial charge on any atom is -0.339 e. The minimum atomic E-state index is -0.213. The molecule has 2 aromatic carbocycles. The molecule has 4 rings (SSSR count). The lowest BCUT2D eigenvalue weighted by Gasteiger charge is -2.33. The highest BCUT2D eigenvalue weighted by molar-refractivity contribution is 5.91. The molecule has 7 heteroatoms. The molecule has 7 nitrogen and oxygen atoms in total. The van der Waals surface area contributed by atoms with E-state index in [4.69, 9.17) is 0 Å². The van der Waals surface area contributed by atoms with Gasteiger partial charge >= 0.3 is 0 Å². The van der Waals surface area contributed by atoms with Gasteiger partial charge in [-0.1, -0.05) is 48.5 Å². The standard InChI is InChI=1S/C21H21N5O2/c1-16(27)24-12-14-25(15-13-24)21(28)19-22-20(17-8-4-2-5-9-17)26(23-19)18-10-6-3-7-11-18/h2-11H,12-15H2,1H3. The SMILES string of the molecule is CC(=O)N1CCN(C(=O)c2nc(-c3ccccc3)n(-c3ccccc3)n2)CC1. The summed E-state index contributed by atoms with van der Waals surface area (Å²) in [4.78, 5) is 32.5. The molecule has 142 valence electrons. The largest absolute Gasteiger partial charge is 0.339 e. The maximum atomic E-state index is 13.0. The summed E-state index contributed by atoms with van der Waals surface area (Å²) in [5, 5.41) is 4.52. The molecule has 3 aromatic rings. The van der Waals surface area contributed by atoms with Crippen LogP contribution in [0.5, 0.6) is 0 Å². The highest BCUT2D eigenvalue weighted by Crippen LogP contribution is 2.21. The van der Waals surface area contributed by atoms with Crippen molar-refractivity contribution in [3.63, 3.8) is 0 Å². The zero-order chi connectivity index (χ0) is 19.5. The fraction of sp³-hybridized carbons (Fsp3) is 0.238. The number of carbonyl (C=O) groups excluding carboxylic acids is 2. The normalized spacial score (nSPS) is 14.2. The van der Waals surface area contributed by atoms with Crippen molar-refractivity contribution in [2.24, 2.45) is 0 Å². The lowest BCUT2D eigenvalue weighted by Crippen LogP contribution is -2.50. The molecule has 2 heterocycles. The molecular weight excluding hydrogens is 354 g/mol. The van der Waals surface area contributed by atoms with E-state index in [1.807, 2.05) is 60.7 Å². The summed E-state index contributed by atoms with van der Waals surface area (Å²) >= 11 is 0. The van der Waals surface area contributed by atoms with Crippen LogP contribution in [-0.4, -0.2) is 62.6 Å². The van der Waals surface area contributed by atoms with Gasteiger partial charge in [0.1, 0.15) is 0 Å². The first-order chi connectivity index (χ1) is 13.6. The summed E-state index contributed by atoms with van der Waals surface area (Å²) in [7, 11) is 0. The third-order valence-electron chi connectivity index (χ3n) is 4.84. The average Bonchev–Trinajstić information content (AvgIpc) is 3.20. The van der Waals surface area contributed by atoms with Crippen LogP contribution in [0.1, 0.15) is 17.5 Å². The number of carbonyl (C=O) groups is 2. The molecule has 2 amide bonds. The number of nitrogens with zero attached hydrogens (tertiary/aromatic N) is 5. The van der Waals surface area contributed by atoms with Crippen LogP contribution in [0, 0.1) is 0 Å². The Morgan fingerprint density at radius 1 is 0.821 bits per heavy atom. The zero-order valence-electron chi connectivity index (χ0n) is 15.7. The van der Waals surface area contributed by atoms with Crippen molar-refractivity contribution in [1.29, 1.82) is 0 Å². The number of hydrogen-bond acceptors (Lipinski definition) is 4. The highest BCUT2D eigenvalue weighted by Gasteiger charge is 2.27. The van der Waals surface area contributed by atoms with E-state index in [-0.39, 0.29) is 17.6 Å². The monoisotopic (exact) mass is 375 g/mol. The van der Waals surface area contributed by atoms with Crippen LogP contribution in [0.25, 0.3) is 17.1 Å². The van der Waals surface area contributed by atoms with Gasteiger partial charge in [0.05, 0.1) is 5.69 Å². The Hall–Kier alpha value is -3.48. The first-order valence-corrected chi connectivity index (χ1v) is 9.26. The van der Waals surface area contributed by atoms with Gasteiger partial charge in [0, 0.05) is 38.7 Å². The number of rotatable bonds is 3. The van der Waals surface area contributed by atoms with E-state index >= 15 is 0 Å². The third kappa shape index (κ3) is 3.51. The molecule has 0 atom stereocenters. The van der Waals surface area contributed by atoms with Gasteiger partial charge < -0.3 is 9.80 Å². The molecule has 1 saturated heterocycles. The molecule has 1 aliphatic heterocycles. The fourth-order valence-corrected chi connectivity index (χ4v) is 3.29. The molecule has 0 spiro atoms. The lowest BCUT2D eigenvalue weighted by molar-refractivity contribution is -0.130. The molecule has 1 fully saturated rings. The van der Waals surface area contributed by atoms with Crippen LogP contribution >= 0.6 is 0 Å². The Bertz CT molecular complexity index is 920. The van der Waals surface area contributed by atoms with E-state index in [0.29, 0.717) is 32.0 Å². The third-order valence-corrected chi connectivity index (χ3v) is 4.84. The van der Waals surface area contributed by atoms with Gasteiger partial charge in [0.2, 0.25) is 11.7 Å².